The standard InChI is InChI=1S/C15H24FNO/c1-6-15(7-2,17(4)5)14(18)12-8-9-13(16)11(3)10-12/h8-10,14,18H,6-7H2,1-5H3. The second-order valence-corrected chi connectivity index (χ2v) is 5.12. The van der Waals surface area contributed by atoms with Crippen LogP contribution in [0.2, 0.25) is 0 Å². The minimum Gasteiger partial charge on any atom is -0.386 e. The Hall–Kier alpha value is -0.930. The zero-order valence-corrected chi connectivity index (χ0v) is 12.0. The van der Waals surface area contributed by atoms with Gasteiger partial charge < -0.3 is 10.0 Å². The van der Waals surface area contributed by atoms with Crippen LogP contribution >= 0.6 is 0 Å². The average molecular weight is 253 g/mol. The van der Waals surface area contributed by atoms with Crippen LogP contribution < -0.4 is 0 Å². The lowest BCUT2D eigenvalue weighted by Crippen LogP contribution is -2.48. The molecule has 2 nitrogen and oxygen atoms in total. The van der Waals surface area contributed by atoms with Crippen molar-refractivity contribution >= 4 is 0 Å². The fourth-order valence-corrected chi connectivity index (χ4v) is 2.66. The molecule has 0 saturated heterocycles. The molecule has 0 amide bonds. The summed E-state index contributed by atoms with van der Waals surface area (Å²) in [6.07, 6.45) is 1.07. The Bertz CT molecular complexity index is 399. The highest BCUT2D eigenvalue weighted by Crippen LogP contribution is 2.36. The predicted octanol–water partition coefficient (Wildman–Crippen LogP) is 3.29. The van der Waals surface area contributed by atoms with Gasteiger partial charge in [0.05, 0.1) is 6.10 Å². The molecular weight excluding hydrogens is 229 g/mol. The van der Waals surface area contributed by atoms with Crippen LogP contribution in [0.25, 0.3) is 0 Å². The van der Waals surface area contributed by atoms with Crippen molar-refractivity contribution in [3.8, 4) is 0 Å². The smallest absolute Gasteiger partial charge is 0.126 e. The Morgan fingerprint density at radius 1 is 1.28 bits per heavy atom. The third kappa shape index (κ3) is 2.57. The Kier molecular flexibility index (Phi) is 4.88. The molecule has 0 spiro atoms. The van der Waals surface area contributed by atoms with Crippen molar-refractivity contribution in [1.29, 1.82) is 0 Å². The number of rotatable bonds is 5. The van der Waals surface area contributed by atoms with Gasteiger partial charge in [0.1, 0.15) is 5.82 Å². The summed E-state index contributed by atoms with van der Waals surface area (Å²) >= 11 is 0. The Balaban J connectivity index is 3.17. The van der Waals surface area contributed by atoms with E-state index < -0.39 is 6.10 Å². The predicted molar refractivity (Wildman–Crippen MR) is 73.1 cm³/mol. The number of likely N-dealkylation sites (N-methyl/N-ethyl adjacent to an activating group) is 1. The number of aliphatic hydroxyl groups excluding tert-OH is 1. The van der Waals surface area contributed by atoms with E-state index in [9.17, 15) is 9.50 Å². The summed E-state index contributed by atoms with van der Waals surface area (Å²) in [7, 11) is 3.96. The lowest BCUT2D eigenvalue weighted by atomic mass is 9.81. The van der Waals surface area contributed by atoms with Crippen molar-refractivity contribution in [1.82, 2.24) is 4.90 Å². The van der Waals surface area contributed by atoms with Crippen LogP contribution in [0.5, 0.6) is 0 Å². The second kappa shape index (κ2) is 5.81. The van der Waals surface area contributed by atoms with Crippen LogP contribution in [0.4, 0.5) is 4.39 Å². The molecule has 0 bridgehead atoms. The summed E-state index contributed by atoms with van der Waals surface area (Å²) in [4.78, 5) is 2.07. The Labute approximate surface area is 109 Å². The number of benzene rings is 1. The summed E-state index contributed by atoms with van der Waals surface area (Å²) in [5.74, 6) is -0.227. The summed E-state index contributed by atoms with van der Waals surface area (Å²) in [6.45, 7) is 5.87. The molecule has 0 aliphatic heterocycles. The molecule has 0 radical (unpaired) electrons. The minimum atomic E-state index is -0.609. The van der Waals surface area contributed by atoms with E-state index in [0.29, 0.717) is 5.56 Å². The zero-order chi connectivity index (χ0) is 13.9. The van der Waals surface area contributed by atoms with E-state index in [1.54, 1.807) is 19.1 Å². The normalized spacial score (nSPS) is 14.0. The summed E-state index contributed by atoms with van der Waals surface area (Å²) in [6, 6.07) is 4.85. The molecule has 102 valence electrons. The number of aliphatic hydroxyl groups is 1. The van der Waals surface area contributed by atoms with Gasteiger partial charge in [-0.3, -0.25) is 0 Å². The van der Waals surface area contributed by atoms with E-state index in [1.807, 2.05) is 14.1 Å². The van der Waals surface area contributed by atoms with Gasteiger partial charge in [-0.2, -0.15) is 0 Å². The van der Waals surface area contributed by atoms with Crippen molar-refractivity contribution in [2.75, 3.05) is 14.1 Å². The van der Waals surface area contributed by atoms with E-state index in [-0.39, 0.29) is 11.4 Å². The highest BCUT2D eigenvalue weighted by Gasteiger charge is 2.37. The summed E-state index contributed by atoms with van der Waals surface area (Å²) < 4.78 is 13.3. The Morgan fingerprint density at radius 3 is 2.22 bits per heavy atom. The highest BCUT2D eigenvalue weighted by atomic mass is 19.1. The molecule has 1 N–H and O–H groups in total. The van der Waals surface area contributed by atoms with Crippen LogP contribution in [0.1, 0.15) is 43.9 Å². The van der Waals surface area contributed by atoms with Gasteiger partial charge in [-0.15, -0.1) is 0 Å². The molecule has 0 aromatic heterocycles. The molecule has 1 atom stereocenters. The first-order valence-electron chi connectivity index (χ1n) is 6.50. The zero-order valence-electron chi connectivity index (χ0n) is 12.0. The van der Waals surface area contributed by atoms with Gasteiger partial charge >= 0.3 is 0 Å². The average Bonchev–Trinajstić information content (AvgIpc) is 2.34. The molecule has 0 aliphatic rings. The van der Waals surface area contributed by atoms with Gasteiger partial charge in [-0.1, -0.05) is 26.0 Å². The monoisotopic (exact) mass is 253 g/mol. The van der Waals surface area contributed by atoms with Gasteiger partial charge in [0.25, 0.3) is 0 Å². The van der Waals surface area contributed by atoms with E-state index >= 15 is 0 Å². The lowest BCUT2D eigenvalue weighted by Gasteiger charge is -2.42. The maximum Gasteiger partial charge on any atom is 0.126 e. The number of halogens is 1. The fourth-order valence-electron chi connectivity index (χ4n) is 2.66. The second-order valence-electron chi connectivity index (χ2n) is 5.12. The van der Waals surface area contributed by atoms with E-state index in [0.717, 1.165) is 18.4 Å². The summed E-state index contributed by atoms with van der Waals surface area (Å²) in [5, 5.41) is 10.7. The molecule has 1 unspecified atom stereocenters. The van der Waals surface area contributed by atoms with E-state index in [2.05, 4.69) is 18.7 Å². The number of aryl methyl sites for hydroxylation is 1. The minimum absolute atomic E-state index is 0.227. The van der Waals surface area contributed by atoms with E-state index in [4.69, 9.17) is 0 Å². The fraction of sp³-hybridized carbons (Fsp3) is 0.600. The van der Waals surface area contributed by atoms with Gasteiger partial charge in [0, 0.05) is 5.54 Å². The van der Waals surface area contributed by atoms with Gasteiger partial charge in [-0.05, 0) is 51.1 Å². The lowest BCUT2D eigenvalue weighted by molar-refractivity contribution is -0.0150. The topological polar surface area (TPSA) is 23.5 Å². The van der Waals surface area contributed by atoms with Crippen molar-refractivity contribution in [3.05, 3.63) is 35.1 Å². The largest absolute Gasteiger partial charge is 0.386 e. The SMILES string of the molecule is CCC(CC)(C(O)c1ccc(F)c(C)c1)N(C)C. The van der Waals surface area contributed by atoms with Crippen LogP contribution in [0, 0.1) is 12.7 Å². The van der Waals surface area contributed by atoms with Crippen LogP contribution in [-0.4, -0.2) is 29.6 Å². The molecule has 0 aliphatic carbocycles. The highest BCUT2D eigenvalue weighted by molar-refractivity contribution is 5.28. The molecule has 0 saturated carbocycles. The molecule has 18 heavy (non-hydrogen) atoms. The molecular formula is C15H24FNO. The van der Waals surface area contributed by atoms with Crippen molar-refractivity contribution in [2.45, 2.75) is 45.3 Å². The maximum atomic E-state index is 13.3. The molecule has 0 fully saturated rings. The van der Waals surface area contributed by atoms with Crippen molar-refractivity contribution in [3.63, 3.8) is 0 Å². The number of hydrogen-bond donors (Lipinski definition) is 1. The maximum absolute atomic E-state index is 13.3. The molecule has 0 heterocycles. The van der Waals surface area contributed by atoms with Crippen molar-refractivity contribution < 1.29 is 9.50 Å². The quantitative estimate of drug-likeness (QED) is 0.870. The summed E-state index contributed by atoms with van der Waals surface area (Å²) in [5.41, 5.74) is 1.06. The van der Waals surface area contributed by atoms with Gasteiger partial charge in [0.15, 0.2) is 0 Å². The third-order valence-corrected chi connectivity index (χ3v) is 4.12. The molecule has 1 aromatic rings. The van der Waals surface area contributed by atoms with Crippen LogP contribution in [-0.2, 0) is 0 Å². The first-order chi connectivity index (χ1) is 8.39. The first-order valence-corrected chi connectivity index (χ1v) is 6.50. The third-order valence-electron chi connectivity index (χ3n) is 4.12. The van der Waals surface area contributed by atoms with Crippen molar-refractivity contribution in [2.24, 2.45) is 0 Å². The van der Waals surface area contributed by atoms with Gasteiger partial charge in [-0.25, -0.2) is 4.39 Å². The molecule has 1 rings (SSSR count). The van der Waals surface area contributed by atoms with Crippen LogP contribution in [0.15, 0.2) is 18.2 Å². The van der Waals surface area contributed by atoms with Crippen LogP contribution in [0.3, 0.4) is 0 Å². The molecule has 1 aromatic carbocycles. The Morgan fingerprint density at radius 2 is 1.83 bits per heavy atom. The van der Waals surface area contributed by atoms with E-state index in [1.165, 1.54) is 6.07 Å². The molecule has 3 heteroatoms. The number of hydrogen-bond acceptors (Lipinski definition) is 2. The first kappa shape index (κ1) is 15.1. The number of nitrogens with zero attached hydrogens (tertiary/aromatic N) is 1. The van der Waals surface area contributed by atoms with Gasteiger partial charge in [0.2, 0.25) is 0 Å².